The SMILES string of the molecule is CCCN(C1CC1)S(=O)(=O)c1c(C)csc1C(=O)O. The zero-order valence-corrected chi connectivity index (χ0v) is 12.6. The predicted octanol–water partition coefficient (Wildman–Crippen LogP) is 2.32. The molecular weight excluding hydrogens is 286 g/mol. The maximum atomic E-state index is 12.7. The molecule has 0 aromatic carbocycles. The predicted molar refractivity (Wildman–Crippen MR) is 73.2 cm³/mol. The van der Waals surface area contributed by atoms with Crippen molar-refractivity contribution in [1.29, 1.82) is 0 Å². The average Bonchev–Trinajstić information content (AvgIpc) is 3.07. The van der Waals surface area contributed by atoms with Crippen LogP contribution in [0.25, 0.3) is 0 Å². The monoisotopic (exact) mass is 303 g/mol. The number of nitrogens with zero attached hydrogens (tertiary/aromatic N) is 1. The second-order valence-electron chi connectivity index (χ2n) is 4.73. The summed E-state index contributed by atoms with van der Waals surface area (Å²) >= 11 is 0.973. The lowest BCUT2D eigenvalue weighted by molar-refractivity contribution is 0.0698. The summed E-state index contributed by atoms with van der Waals surface area (Å²) in [6.07, 6.45) is 2.46. The number of hydrogen-bond acceptors (Lipinski definition) is 4. The van der Waals surface area contributed by atoms with E-state index in [1.807, 2.05) is 6.92 Å². The van der Waals surface area contributed by atoms with Gasteiger partial charge in [0.15, 0.2) is 0 Å². The summed E-state index contributed by atoms with van der Waals surface area (Å²) in [5.74, 6) is -1.18. The molecule has 0 radical (unpaired) electrons. The van der Waals surface area contributed by atoms with Crippen LogP contribution in [0.2, 0.25) is 0 Å². The molecule has 0 amide bonds. The molecule has 1 aromatic rings. The molecule has 0 bridgehead atoms. The fraction of sp³-hybridized carbons (Fsp3) is 0.583. The minimum absolute atomic E-state index is 0.0228. The van der Waals surface area contributed by atoms with Crippen LogP contribution >= 0.6 is 11.3 Å². The Bertz CT molecular complexity index is 587. The van der Waals surface area contributed by atoms with Gasteiger partial charge >= 0.3 is 5.97 Å². The Labute approximate surface area is 116 Å². The first kappa shape index (κ1) is 14.5. The summed E-state index contributed by atoms with van der Waals surface area (Å²) < 4.78 is 26.8. The summed E-state index contributed by atoms with van der Waals surface area (Å²) in [4.78, 5) is 11.1. The Balaban J connectivity index is 2.48. The van der Waals surface area contributed by atoms with Crippen LogP contribution < -0.4 is 0 Å². The first-order valence-corrected chi connectivity index (χ1v) is 8.54. The lowest BCUT2D eigenvalue weighted by Gasteiger charge is -2.21. The second-order valence-corrected chi connectivity index (χ2v) is 7.44. The van der Waals surface area contributed by atoms with E-state index >= 15 is 0 Å². The molecule has 1 fully saturated rings. The number of sulfonamides is 1. The van der Waals surface area contributed by atoms with E-state index in [1.54, 1.807) is 12.3 Å². The standard InChI is InChI=1S/C12H17NO4S2/c1-3-6-13(9-4-5-9)19(16,17)11-8(2)7-18-10(11)12(14)15/h7,9H,3-6H2,1-2H3,(H,14,15). The zero-order valence-electron chi connectivity index (χ0n) is 10.9. The van der Waals surface area contributed by atoms with Gasteiger partial charge in [-0.1, -0.05) is 6.92 Å². The molecule has 1 N–H and O–H groups in total. The molecule has 1 saturated carbocycles. The molecule has 0 atom stereocenters. The normalized spacial score (nSPS) is 15.9. The third kappa shape index (κ3) is 2.68. The van der Waals surface area contributed by atoms with Crippen molar-refractivity contribution >= 4 is 27.3 Å². The van der Waals surface area contributed by atoms with Crippen LogP contribution in [0.5, 0.6) is 0 Å². The quantitative estimate of drug-likeness (QED) is 0.875. The van der Waals surface area contributed by atoms with Crippen LogP contribution in [0.1, 0.15) is 41.4 Å². The molecular formula is C12H17NO4S2. The third-order valence-corrected chi connectivity index (χ3v) is 6.43. The van der Waals surface area contributed by atoms with E-state index in [0.717, 1.165) is 30.6 Å². The zero-order chi connectivity index (χ0) is 14.2. The van der Waals surface area contributed by atoms with Gasteiger partial charge < -0.3 is 5.11 Å². The summed E-state index contributed by atoms with van der Waals surface area (Å²) in [5.41, 5.74) is 0.518. The Hall–Kier alpha value is -0.920. The van der Waals surface area contributed by atoms with E-state index in [-0.39, 0.29) is 15.8 Å². The van der Waals surface area contributed by atoms with Crippen LogP contribution in [-0.2, 0) is 10.0 Å². The summed E-state index contributed by atoms with van der Waals surface area (Å²) in [5, 5.41) is 10.7. The Morgan fingerprint density at radius 1 is 1.53 bits per heavy atom. The summed E-state index contributed by atoms with van der Waals surface area (Å²) in [6.45, 7) is 4.01. The highest BCUT2D eigenvalue weighted by molar-refractivity contribution is 7.89. The first-order chi connectivity index (χ1) is 8.89. The van der Waals surface area contributed by atoms with Gasteiger partial charge in [-0.25, -0.2) is 13.2 Å². The maximum Gasteiger partial charge on any atom is 0.347 e. The summed E-state index contributed by atoms with van der Waals surface area (Å²) in [6, 6.07) is 0.0471. The Morgan fingerprint density at radius 2 is 2.16 bits per heavy atom. The van der Waals surface area contributed by atoms with Crippen molar-refractivity contribution in [2.75, 3.05) is 6.54 Å². The van der Waals surface area contributed by atoms with Crippen molar-refractivity contribution < 1.29 is 18.3 Å². The second kappa shape index (κ2) is 5.22. The van der Waals surface area contributed by atoms with Gasteiger partial charge in [-0.2, -0.15) is 4.31 Å². The molecule has 0 aliphatic heterocycles. The topological polar surface area (TPSA) is 74.7 Å². The van der Waals surface area contributed by atoms with Crippen LogP contribution in [0.4, 0.5) is 0 Å². The van der Waals surface area contributed by atoms with E-state index in [9.17, 15) is 13.2 Å². The van der Waals surface area contributed by atoms with Crippen molar-refractivity contribution in [3.63, 3.8) is 0 Å². The van der Waals surface area contributed by atoms with Gasteiger partial charge in [-0.05, 0) is 37.1 Å². The van der Waals surface area contributed by atoms with E-state index < -0.39 is 16.0 Å². The van der Waals surface area contributed by atoms with E-state index in [1.165, 1.54) is 4.31 Å². The highest BCUT2D eigenvalue weighted by atomic mass is 32.2. The highest BCUT2D eigenvalue weighted by Crippen LogP contribution is 2.36. The number of thiophene rings is 1. The van der Waals surface area contributed by atoms with Gasteiger partial charge in [0.05, 0.1) is 0 Å². The number of carboxylic acids is 1. The number of carboxylic acid groups (broad SMARTS) is 1. The van der Waals surface area contributed by atoms with Crippen molar-refractivity contribution in [3.8, 4) is 0 Å². The van der Waals surface area contributed by atoms with Gasteiger partial charge in [-0.3, -0.25) is 0 Å². The lowest BCUT2D eigenvalue weighted by Crippen LogP contribution is -2.34. The fourth-order valence-corrected chi connectivity index (χ4v) is 5.47. The lowest BCUT2D eigenvalue weighted by atomic mass is 10.3. The molecule has 1 heterocycles. The molecule has 2 rings (SSSR count). The van der Waals surface area contributed by atoms with Crippen LogP contribution in [0.3, 0.4) is 0 Å². The summed E-state index contributed by atoms with van der Waals surface area (Å²) in [7, 11) is -3.70. The van der Waals surface area contributed by atoms with E-state index in [0.29, 0.717) is 12.1 Å². The Kier molecular flexibility index (Phi) is 3.98. The number of rotatable bonds is 6. The molecule has 0 unspecified atom stereocenters. The van der Waals surface area contributed by atoms with E-state index in [2.05, 4.69) is 0 Å². The largest absolute Gasteiger partial charge is 0.477 e. The molecule has 106 valence electrons. The van der Waals surface area contributed by atoms with Gasteiger partial charge in [0.25, 0.3) is 0 Å². The molecule has 0 spiro atoms. The number of aryl methyl sites for hydroxylation is 1. The molecule has 7 heteroatoms. The number of carbonyl (C=O) groups is 1. The van der Waals surface area contributed by atoms with Crippen LogP contribution in [-0.4, -0.2) is 36.4 Å². The molecule has 1 aromatic heterocycles. The highest BCUT2D eigenvalue weighted by Gasteiger charge is 2.40. The molecule has 19 heavy (non-hydrogen) atoms. The van der Waals surface area contributed by atoms with Crippen LogP contribution in [0.15, 0.2) is 10.3 Å². The minimum Gasteiger partial charge on any atom is -0.477 e. The van der Waals surface area contributed by atoms with Gasteiger partial charge in [0.2, 0.25) is 10.0 Å². The molecule has 1 aliphatic carbocycles. The number of aromatic carboxylic acids is 1. The van der Waals surface area contributed by atoms with Gasteiger partial charge in [0, 0.05) is 12.6 Å². The smallest absolute Gasteiger partial charge is 0.347 e. The molecule has 1 aliphatic rings. The molecule has 5 nitrogen and oxygen atoms in total. The third-order valence-electron chi connectivity index (χ3n) is 3.08. The molecule has 0 saturated heterocycles. The fourth-order valence-electron chi connectivity index (χ4n) is 2.10. The maximum absolute atomic E-state index is 12.7. The van der Waals surface area contributed by atoms with E-state index in [4.69, 9.17) is 5.11 Å². The van der Waals surface area contributed by atoms with Gasteiger partial charge in [-0.15, -0.1) is 11.3 Å². The van der Waals surface area contributed by atoms with Crippen molar-refractivity contribution in [2.24, 2.45) is 0 Å². The van der Waals surface area contributed by atoms with Crippen molar-refractivity contribution in [3.05, 3.63) is 15.8 Å². The van der Waals surface area contributed by atoms with Crippen molar-refractivity contribution in [2.45, 2.75) is 44.0 Å². The van der Waals surface area contributed by atoms with Crippen molar-refractivity contribution in [1.82, 2.24) is 4.31 Å². The first-order valence-electron chi connectivity index (χ1n) is 6.22. The Morgan fingerprint density at radius 3 is 2.63 bits per heavy atom. The van der Waals surface area contributed by atoms with Crippen LogP contribution in [0, 0.1) is 6.92 Å². The number of hydrogen-bond donors (Lipinski definition) is 1. The minimum atomic E-state index is -3.70. The average molecular weight is 303 g/mol. The van der Waals surface area contributed by atoms with Gasteiger partial charge in [0.1, 0.15) is 9.77 Å².